The van der Waals surface area contributed by atoms with Crippen LogP contribution in [0.1, 0.15) is 30.6 Å². The van der Waals surface area contributed by atoms with E-state index in [1.807, 2.05) is 6.92 Å². The average Bonchev–Trinajstić information content (AvgIpc) is 2.43. The van der Waals surface area contributed by atoms with Crippen LogP contribution in [0.15, 0.2) is 24.3 Å². The number of rotatable bonds is 6. The van der Waals surface area contributed by atoms with Gasteiger partial charge < -0.3 is 4.74 Å². The van der Waals surface area contributed by atoms with E-state index >= 15 is 0 Å². The second-order valence-electron chi connectivity index (χ2n) is 4.80. The maximum absolute atomic E-state index is 13.4. The lowest BCUT2D eigenvalue weighted by Crippen LogP contribution is -2.52. The highest BCUT2D eigenvalue weighted by atomic mass is 19.4. The lowest BCUT2D eigenvalue weighted by Gasteiger charge is -2.30. The summed E-state index contributed by atoms with van der Waals surface area (Å²) in [5.74, 6) is -11.4. The molecule has 0 aliphatic heterocycles. The molecule has 8 heteroatoms. The van der Waals surface area contributed by atoms with E-state index in [9.17, 15) is 30.7 Å². The van der Waals surface area contributed by atoms with E-state index in [0.717, 1.165) is 12.7 Å². The van der Waals surface area contributed by atoms with Gasteiger partial charge in [0.2, 0.25) is 0 Å². The molecule has 1 rings (SSSR count). The number of aryl methyl sites for hydroxylation is 1. The lowest BCUT2D eigenvalue weighted by atomic mass is 9.97. The molecule has 0 radical (unpaired) electrons. The fourth-order valence-electron chi connectivity index (χ4n) is 1.87. The molecular weight excluding hydrogens is 317 g/mol. The molecule has 0 N–H and O–H groups in total. The third-order valence-electron chi connectivity index (χ3n) is 3.30. The van der Waals surface area contributed by atoms with Crippen molar-refractivity contribution in [2.45, 2.75) is 43.9 Å². The van der Waals surface area contributed by atoms with Gasteiger partial charge in [-0.3, -0.25) is 0 Å². The zero-order chi connectivity index (χ0) is 17.2. The maximum Gasteiger partial charge on any atom is 0.459 e. The topological polar surface area (TPSA) is 9.23 Å². The smallest absolute Gasteiger partial charge is 0.377 e. The van der Waals surface area contributed by atoms with E-state index in [-0.39, 0.29) is 5.56 Å². The Hall–Kier alpha value is -1.31. The van der Waals surface area contributed by atoms with Gasteiger partial charge in [0, 0.05) is 13.5 Å². The number of hydrogen-bond acceptors (Lipinski definition) is 1. The van der Waals surface area contributed by atoms with Gasteiger partial charge in [-0.25, -0.2) is 0 Å². The zero-order valence-corrected chi connectivity index (χ0v) is 11.9. The summed E-state index contributed by atoms with van der Waals surface area (Å²) >= 11 is 0. The van der Waals surface area contributed by atoms with Gasteiger partial charge in [0.05, 0.1) is 6.10 Å². The second-order valence-corrected chi connectivity index (χ2v) is 4.80. The first-order chi connectivity index (χ1) is 9.96. The maximum atomic E-state index is 13.4. The predicted molar refractivity (Wildman–Crippen MR) is 66.1 cm³/mol. The molecule has 1 nitrogen and oxygen atoms in total. The third-order valence-corrected chi connectivity index (χ3v) is 3.30. The fourth-order valence-corrected chi connectivity index (χ4v) is 1.87. The average molecular weight is 332 g/mol. The molecule has 0 fully saturated rings. The Morgan fingerprint density at radius 2 is 1.45 bits per heavy atom. The van der Waals surface area contributed by atoms with Gasteiger partial charge >= 0.3 is 18.0 Å². The van der Waals surface area contributed by atoms with Crippen molar-refractivity contribution in [3.63, 3.8) is 0 Å². The van der Waals surface area contributed by atoms with Crippen LogP contribution in [0.25, 0.3) is 0 Å². The van der Waals surface area contributed by atoms with Gasteiger partial charge in [-0.2, -0.15) is 30.7 Å². The van der Waals surface area contributed by atoms with Gasteiger partial charge in [-0.1, -0.05) is 31.2 Å². The Labute approximate surface area is 123 Å². The molecule has 0 aromatic heterocycles. The number of halogens is 7. The zero-order valence-electron chi connectivity index (χ0n) is 11.9. The van der Waals surface area contributed by atoms with Crippen LogP contribution in [0, 0.1) is 0 Å². The van der Waals surface area contributed by atoms with Gasteiger partial charge in [-0.15, -0.1) is 0 Å². The van der Waals surface area contributed by atoms with E-state index in [2.05, 4.69) is 4.74 Å². The van der Waals surface area contributed by atoms with Crippen LogP contribution < -0.4 is 0 Å². The fraction of sp³-hybridized carbons (Fsp3) is 0.571. The minimum atomic E-state index is -6.33. The molecule has 1 aromatic rings. The van der Waals surface area contributed by atoms with Crippen molar-refractivity contribution in [3.05, 3.63) is 35.4 Å². The monoisotopic (exact) mass is 332 g/mol. The third kappa shape index (κ3) is 3.71. The number of benzene rings is 1. The summed E-state index contributed by atoms with van der Waals surface area (Å²) < 4.78 is 93.7. The van der Waals surface area contributed by atoms with Crippen molar-refractivity contribution in [1.29, 1.82) is 0 Å². The Kier molecular flexibility index (Phi) is 5.48. The quantitative estimate of drug-likeness (QED) is 0.654. The van der Waals surface area contributed by atoms with E-state index in [1.165, 1.54) is 12.1 Å². The highest BCUT2D eigenvalue weighted by Gasteiger charge is 2.73. The van der Waals surface area contributed by atoms with Crippen LogP contribution in [0.2, 0.25) is 0 Å². The van der Waals surface area contributed by atoms with E-state index in [0.29, 0.717) is 6.42 Å². The molecule has 22 heavy (non-hydrogen) atoms. The summed E-state index contributed by atoms with van der Waals surface area (Å²) in [5, 5.41) is 0. The number of hydrogen-bond donors (Lipinski definition) is 0. The molecule has 0 amide bonds. The number of alkyl halides is 7. The standard InChI is InChI=1S/C14H15F7O/c1-3-9-4-6-10(7-5-9)11(22-2)8-12(15,16)13(17,18)14(19,20)21/h4-7,11H,3,8H2,1-2H3. The predicted octanol–water partition coefficient (Wildman–Crippen LogP) is 5.16. The molecule has 1 atom stereocenters. The van der Waals surface area contributed by atoms with Gasteiger partial charge in [0.25, 0.3) is 0 Å². The van der Waals surface area contributed by atoms with Crippen LogP contribution in [-0.4, -0.2) is 25.1 Å². The Morgan fingerprint density at radius 1 is 0.955 bits per heavy atom. The van der Waals surface area contributed by atoms with Crippen LogP contribution in [0.3, 0.4) is 0 Å². The van der Waals surface area contributed by atoms with Crippen molar-refractivity contribution >= 4 is 0 Å². The van der Waals surface area contributed by atoms with E-state index in [4.69, 9.17) is 0 Å². The van der Waals surface area contributed by atoms with E-state index in [1.54, 1.807) is 12.1 Å². The van der Waals surface area contributed by atoms with Crippen molar-refractivity contribution in [2.75, 3.05) is 7.11 Å². The normalized spacial score (nSPS) is 15.0. The summed E-state index contributed by atoms with van der Waals surface area (Å²) in [4.78, 5) is 0. The Balaban J connectivity index is 3.01. The van der Waals surface area contributed by atoms with Gasteiger partial charge in [-0.05, 0) is 17.5 Å². The first-order valence-corrected chi connectivity index (χ1v) is 6.40. The van der Waals surface area contributed by atoms with E-state index < -0.39 is 30.5 Å². The molecule has 0 saturated carbocycles. The molecule has 0 heterocycles. The Bertz CT molecular complexity index is 479. The van der Waals surface area contributed by atoms with Crippen LogP contribution in [0.4, 0.5) is 30.7 Å². The molecule has 0 bridgehead atoms. The molecule has 126 valence electrons. The number of methoxy groups -OCH3 is 1. The summed E-state index contributed by atoms with van der Waals surface area (Å²) in [7, 11) is 0.972. The summed E-state index contributed by atoms with van der Waals surface area (Å²) in [6.07, 6.45) is -9.02. The Morgan fingerprint density at radius 3 is 1.82 bits per heavy atom. The highest BCUT2D eigenvalue weighted by Crippen LogP contribution is 2.50. The SMILES string of the molecule is CCc1ccc(C(CC(F)(F)C(F)(F)C(F)(F)F)OC)cc1. The van der Waals surface area contributed by atoms with Gasteiger partial charge in [0.15, 0.2) is 0 Å². The summed E-state index contributed by atoms with van der Waals surface area (Å²) in [5.41, 5.74) is 0.975. The number of ether oxygens (including phenoxy) is 1. The summed E-state index contributed by atoms with van der Waals surface area (Å²) in [6, 6.07) is 5.88. The van der Waals surface area contributed by atoms with Crippen molar-refractivity contribution in [3.8, 4) is 0 Å². The first-order valence-electron chi connectivity index (χ1n) is 6.40. The molecule has 0 saturated heterocycles. The van der Waals surface area contributed by atoms with Gasteiger partial charge in [0.1, 0.15) is 0 Å². The van der Waals surface area contributed by atoms with Crippen LogP contribution >= 0.6 is 0 Å². The first kappa shape index (κ1) is 18.7. The molecule has 0 aliphatic carbocycles. The molecule has 1 aromatic carbocycles. The van der Waals surface area contributed by atoms with Crippen LogP contribution in [-0.2, 0) is 11.2 Å². The van der Waals surface area contributed by atoms with Crippen LogP contribution in [0.5, 0.6) is 0 Å². The summed E-state index contributed by atoms with van der Waals surface area (Å²) in [6.45, 7) is 1.85. The largest absolute Gasteiger partial charge is 0.459 e. The highest BCUT2D eigenvalue weighted by molar-refractivity contribution is 5.24. The molecule has 0 aliphatic rings. The minimum Gasteiger partial charge on any atom is -0.377 e. The molecule has 1 unspecified atom stereocenters. The van der Waals surface area contributed by atoms with Crippen molar-refractivity contribution < 1.29 is 35.5 Å². The minimum absolute atomic E-state index is 0.109. The molecule has 0 spiro atoms. The van der Waals surface area contributed by atoms with Crippen molar-refractivity contribution in [2.24, 2.45) is 0 Å². The molecular formula is C14H15F7O. The lowest BCUT2D eigenvalue weighted by molar-refractivity contribution is -0.358. The second kappa shape index (κ2) is 6.44. The van der Waals surface area contributed by atoms with Crippen molar-refractivity contribution in [1.82, 2.24) is 0 Å².